The van der Waals surface area contributed by atoms with Crippen LogP contribution in [0.5, 0.6) is 0 Å². The van der Waals surface area contributed by atoms with E-state index in [1.54, 1.807) is 0 Å². The number of hydrogen-bond acceptors (Lipinski definition) is 4. The number of aliphatic hydroxyl groups is 3. The molecule has 4 aliphatic carbocycles. The molecule has 3 saturated carbocycles. The Morgan fingerprint density at radius 2 is 2.00 bits per heavy atom. The van der Waals surface area contributed by atoms with Crippen LogP contribution in [0.15, 0.2) is 23.8 Å². The maximum atomic E-state index is 11.9. The van der Waals surface area contributed by atoms with Gasteiger partial charge in [-0.05, 0) is 73.3 Å². The minimum atomic E-state index is -1.10. The highest BCUT2D eigenvalue weighted by Crippen LogP contribution is 2.68. The van der Waals surface area contributed by atoms with Gasteiger partial charge in [0, 0.05) is 11.8 Å². The molecule has 0 amide bonds. The molecule has 4 rings (SSSR count). The first-order chi connectivity index (χ1) is 12.2. The zero-order valence-electron chi connectivity index (χ0n) is 16.0. The summed E-state index contributed by atoms with van der Waals surface area (Å²) in [6.07, 6.45) is 6.69. The Kier molecular flexibility index (Phi) is 4.08. The third kappa shape index (κ3) is 2.15. The lowest BCUT2D eigenvalue weighted by atomic mass is 9.45. The van der Waals surface area contributed by atoms with Crippen molar-refractivity contribution in [2.75, 3.05) is 6.61 Å². The second-order valence-corrected chi connectivity index (χ2v) is 9.74. The van der Waals surface area contributed by atoms with Gasteiger partial charge in [0.15, 0.2) is 5.78 Å². The number of allylic oxidation sites excluding steroid dienone is 1. The van der Waals surface area contributed by atoms with E-state index in [9.17, 15) is 20.1 Å². The molecule has 0 unspecified atom stereocenters. The molecule has 0 saturated heterocycles. The van der Waals surface area contributed by atoms with Crippen molar-refractivity contribution in [2.24, 2.45) is 28.6 Å². The standard InChI is InChI=1S/C22H32O4/c1-13(12-23)22(26)9-7-17-16-5-4-14-10-15(24)6-8-20(14,2)19(16)18(25)11-21(17,22)3/h10,16-19,23,25-26H,1,4-9,11-12H2,2-3H3/t16-,17-,18-,19+,20+,21+,22+/m1/s1. The molecule has 144 valence electrons. The molecule has 7 atom stereocenters. The van der Waals surface area contributed by atoms with Gasteiger partial charge < -0.3 is 15.3 Å². The fourth-order valence-corrected chi connectivity index (χ4v) is 7.40. The molecule has 4 aliphatic rings. The van der Waals surface area contributed by atoms with Gasteiger partial charge in [0.1, 0.15) is 0 Å². The van der Waals surface area contributed by atoms with Gasteiger partial charge >= 0.3 is 0 Å². The van der Waals surface area contributed by atoms with Crippen LogP contribution in [-0.2, 0) is 4.79 Å². The summed E-state index contributed by atoms with van der Waals surface area (Å²) in [5.41, 5.74) is 0.0596. The average Bonchev–Trinajstić information content (AvgIpc) is 2.86. The van der Waals surface area contributed by atoms with Crippen molar-refractivity contribution in [3.63, 3.8) is 0 Å². The van der Waals surface area contributed by atoms with Crippen LogP contribution < -0.4 is 0 Å². The Bertz CT molecular complexity index is 682. The van der Waals surface area contributed by atoms with Crippen molar-refractivity contribution < 1.29 is 20.1 Å². The second-order valence-electron chi connectivity index (χ2n) is 9.74. The fourth-order valence-electron chi connectivity index (χ4n) is 7.40. The molecule has 4 heteroatoms. The van der Waals surface area contributed by atoms with Gasteiger partial charge in [0.05, 0.1) is 18.3 Å². The largest absolute Gasteiger partial charge is 0.393 e. The Morgan fingerprint density at radius 1 is 1.27 bits per heavy atom. The van der Waals surface area contributed by atoms with E-state index in [4.69, 9.17) is 0 Å². The highest BCUT2D eigenvalue weighted by molar-refractivity contribution is 5.91. The van der Waals surface area contributed by atoms with Crippen molar-refractivity contribution in [1.29, 1.82) is 0 Å². The number of carbonyl (C=O) groups is 1. The first kappa shape index (κ1) is 18.4. The van der Waals surface area contributed by atoms with Crippen LogP contribution in [0.3, 0.4) is 0 Å². The van der Waals surface area contributed by atoms with E-state index in [0.717, 1.165) is 25.7 Å². The molecule has 0 aromatic carbocycles. The molecule has 0 heterocycles. The van der Waals surface area contributed by atoms with Crippen molar-refractivity contribution in [2.45, 2.75) is 70.5 Å². The van der Waals surface area contributed by atoms with Crippen LogP contribution in [-0.4, -0.2) is 39.4 Å². The fraction of sp³-hybridized carbons (Fsp3) is 0.773. The summed E-state index contributed by atoms with van der Waals surface area (Å²) < 4.78 is 0. The Labute approximate surface area is 156 Å². The lowest BCUT2D eigenvalue weighted by molar-refractivity contribution is -0.162. The number of hydrogen-bond donors (Lipinski definition) is 3. The van der Waals surface area contributed by atoms with Crippen LogP contribution in [0.4, 0.5) is 0 Å². The van der Waals surface area contributed by atoms with Crippen molar-refractivity contribution in [3.05, 3.63) is 23.8 Å². The van der Waals surface area contributed by atoms with Crippen LogP contribution in [0.25, 0.3) is 0 Å². The molecule has 0 aromatic rings. The van der Waals surface area contributed by atoms with E-state index in [0.29, 0.717) is 36.7 Å². The van der Waals surface area contributed by atoms with Crippen LogP contribution in [0.2, 0.25) is 0 Å². The molecule has 4 nitrogen and oxygen atoms in total. The van der Waals surface area contributed by atoms with E-state index >= 15 is 0 Å². The SMILES string of the molecule is C=C(CO)[C@@]1(O)CC[C@@H]2[C@H]3CCC4=CC(=O)CC[C@]4(C)[C@@H]3[C@H](O)C[C@@]21C. The van der Waals surface area contributed by atoms with Gasteiger partial charge in [-0.15, -0.1) is 0 Å². The molecule has 0 spiro atoms. The predicted octanol–water partition coefficient (Wildman–Crippen LogP) is 2.77. The lowest BCUT2D eigenvalue weighted by Gasteiger charge is -2.61. The first-order valence-corrected chi connectivity index (χ1v) is 10.1. The van der Waals surface area contributed by atoms with Gasteiger partial charge in [0.25, 0.3) is 0 Å². The summed E-state index contributed by atoms with van der Waals surface area (Å²) in [7, 11) is 0. The molecule has 0 aromatic heterocycles. The second kappa shape index (κ2) is 5.76. The molecular formula is C22H32O4. The maximum Gasteiger partial charge on any atom is 0.155 e. The van der Waals surface area contributed by atoms with Gasteiger partial charge in [-0.25, -0.2) is 0 Å². The Hall–Kier alpha value is -0.970. The number of aliphatic hydroxyl groups excluding tert-OH is 2. The third-order valence-electron chi connectivity index (χ3n) is 8.82. The van der Waals surface area contributed by atoms with Crippen molar-refractivity contribution in [1.82, 2.24) is 0 Å². The van der Waals surface area contributed by atoms with E-state index in [-0.39, 0.29) is 23.7 Å². The van der Waals surface area contributed by atoms with Crippen LogP contribution in [0.1, 0.15) is 58.8 Å². The summed E-state index contributed by atoms with van der Waals surface area (Å²) in [4.78, 5) is 11.9. The topological polar surface area (TPSA) is 77.8 Å². The molecular weight excluding hydrogens is 328 g/mol. The number of carbonyl (C=O) groups excluding carboxylic acids is 1. The van der Waals surface area contributed by atoms with Crippen LogP contribution >= 0.6 is 0 Å². The smallest absolute Gasteiger partial charge is 0.155 e. The normalized spacial score (nSPS) is 50.5. The quantitative estimate of drug-likeness (QED) is 0.662. The third-order valence-corrected chi connectivity index (χ3v) is 8.82. The van der Waals surface area contributed by atoms with Gasteiger partial charge in [-0.2, -0.15) is 0 Å². The van der Waals surface area contributed by atoms with E-state index in [1.807, 2.05) is 6.08 Å². The van der Waals surface area contributed by atoms with Gasteiger partial charge in [-0.1, -0.05) is 26.0 Å². The minimum Gasteiger partial charge on any atom is -0.393 e. The highest BCUT2D eigenvalue weighted by atomic mass is 16.3. The Balaban J connectivity index is 1.74. The van der Waals surface area contributed by atoms with E-state index < -0.39 is 17.1 Å². The number of ketones is 1. The van der Waals surface area contributed by atoms with Crippen molar-refractivity contribution >= 4 is 5.78 Å². The summed E-state index contributed by atoms with van der Waals surface area (Å²) >= 11 is 0. The minimum absolute atomic E-state index is 0.105. The highest BCUT2D eigenvalue weighted by Gasteiger charge is 2.66. The Morgan fingerprint density at radius 3 is 2.69 bits per heavy atom. The number of rotatable bonds is 2. The predicted molar refractivity (Wildman–Crippen MR) is 99.3 cm³/mol. The molecule has 0 radical (unpaired) electrons. The molecule has 26 heavy (non-hydrogen) atoms. The zero-order valence-corrected chi connectivity index (χ0v) is 16.0. The number of fused-ring (bicyclic) bond motifs is 5. The summed E-state index contributed by atoms with van der Waals surface area (Å²) in [6, 6.07) is 0. The summed E-state index contributed by atoms with van der Waals surface area (Å²) in [6.45, 7) is 8.06. The maximum absolute atomic E-state index is 11.9. The molecule has 0 aliphatic heterocycles. The summed E-state index contributed by atoms with van der Waals surface area (Å²) in [5.74, 6) is 1.04. The average molecular weight is 360 g/mol. The van der Waals surface area contributed by atoms with Gasteiger partial charge in [-0.3, -0.25) is 4.79 Å². The molecule has 3 fully saturated rings. The lowest BCUT2D eigenvalue weighted by Crippen LogP contribution is -2.60. The van der Waals surface area contributed by atoms with E-state index in [1.165, 1.54) is 5.57 Å². The van der Waals surface area contributed by atoms with E-state index in [2.05, 4.69) is 20.4 Å². The van der Waals surface area contributed by atoms with Crippen molar-refractivity contribution in [3.8, 4) is 0 Å². The zero-order chi connectivity index (χ0) is 18.9. The molecule has 3 N–H and O–H groups in total. The monoisotopic (exact) mass is 360 g/mol. The van der Waals surface area contributed by atoms with Crippen LogP contribution in [0, 0.1) is 28.6 Å². The first-order valence-electron chi connectivity index (χ1n) is 10.1. The molecule has 0 bridgehead atoms. The summed E-state index contributed by atoms with van der Waals surface area (Å²) in [5, 5.41) is 32.3. The van der Waals surface area contributed by atoms with Gasteiger partial charge in [0.2, 0.25) is 0 Å².